The molecule has 25 heavy (non-hydrogen) atoms. The first kappa shape index (κ1) is 18.9. The van der Waals surface area contributed by atoms with Crippen LogP contribution in [-0.2, 0) is 9.53 Å². The average Bonchev–Trinajstić information content (AvgIpc) is 2.65. The third-order valence-corrected chi connectivity index (χ3v) is 4.23. The molecule has 1 heterocycles. The summed E-state index contributed by atoms with van der Waals surface area (Å²) in [4.78, 5) is 14.1. The number of methoxy groups -OCH3 is 1. The molecule has 0 spiro atoms. The minimum absolute atomic E-state index is 0.0435. The Morgan fingerprint density at radius 3 is 2.76 bits per heavy atom. The lowest BCUT2D eigenvalue weighted by atomic mass is 10.1. The van der Waals surface area contributed by atoms with E-state index in [0.29, 0.717) is 47.8 Å². The number of nitrogens with zero attached hydrogens (tertiary/aromatic N) is 2. The molecule has 2 rings (SSSR count). The normalized spacial score (nSPS) is 14.4. The summed E-state index contributed by atoms with van der Waals surface area (Å²) >= 11 is 3.42. The van der Waals surface area contributed by atoms with Crippen LogP contribution in [0, 0.1) is 23.7 Å². The monoisotopic (exact) mass is 404 g/mol. The average molecular weight is 405 g/mol. The predicted molar refractivity (Wildman–Crippen MR) is 96.0 cm³/mol. The lowest BCUT2D eigenvalue weighted by molar-refractivity contribution is -0.130. The third-order valence-electron chi connectivity index (χ3n) is 3.54. The van der Waals surface area contributed by atoms with Crippen molar-refractivity contribution in [2.24, 2.45) is 0 Å². The molecule has 6 nitrogen and oxygen atoms in total. The molecule has 1 aliphatic rings. The van der Waals surface area contributed by atoms with Crippen LogP contribution in [0.3, 0.4) is 0 Å². The van der Waals surface area contributed by atoms with Crippen molar-refractivity contribution < 1.29 is 19.0 Å². The molecule has 7 heteroatoms. The highest BCUT2D eigenvalue weighted by Crippen LogP contribution is 2.34. The van der Waals surface area contributed by atoms with Gasteiger partial charge in [-0.3, -0.25) is 4.79 Å². The van der Waals surface area contributed by atoms with Gasteiger partial charge in [0.1, 0.15) is 18.2 Å². The topological polar surface area (TPSA) is 71.8 Å². The van der Waals surface area contributed by atoms with E-state index in [9.17, 15) is 10.1 Å². The quantitative estimate of drug-likeness (QED) is 0.427. The zero-order chi connectivity index (χ0) is 18.2. The van der Waals surface area contributed by atoms with Crippen molar-refractivity contribution in [2.75, 3.05) is 40.0 Å². The molecule has 0 atom stereocenters. The molecule has 0 aromatic heterocycles. The highest BCUT2D eigenvalue weighted by molar-refractivity contribution is 9.10. The number of amides is 1. The minimum atomic E-state index is -0.315. The van der Waals surface area contributed by atoms with Crippen molar-refractivity contribution in [1.29, 1.82) is 5.26 Å². The number of terminal acetylenes is 1. The van der Waals surface area contributed by atoms with Crippen LogP contribution in [0.4, 0.5) is 0 Å². The predicted octanol–water partition coefficient (Wildman–Crippen LogP) is 2.24. The van der Waals surface area contributed by atoms with Crippen LogP contribution >= 0.6 is 15.9 Å². The van der Waals surface area contributed by atoms with E-state index in [2.05, 4.69) is 21.9 Å². The summed E-state index contributed by atoms with van der Waals surface area (Å²) in [5, 5.41) is 9.39. The molecular formula is C18H17BrN2O4. The summed E-state index contributed by atoms with van der Waals surface area (Å²) in [5.41, 5.74) is 0.671. The van der Waals surface area contributed by atoms with E-state index >= 15 is 0 Å². The van der Waals surface area contributed by atoms with Gasteiger partial charge in [0.15, 0.2) is 11.5 Å². The second-order valence-electron chi connectivity index (χ2n) is 5.09. The van der Waals surface area contributed by atoms with Crippen LogP contribution in [0.2, 0.25) is 0 Å². The van der Waals surface area contributed by atoms with Crippen molar-refractivity contribution >= 4 is 27.9 Å². The molecule has 1 aromatic carbocycles. The van der Waals surface area contributed by atoms with Crippen LogP contribution in [0.1, 0.15) is 5.56 Å². The molecule has 1 aliphatic heterocycles. The van der Waals surface area contributed by atoms with Gasteiger partial charge in [0, 0.05) is 17.6 Å². The first-order chi connectivity index (χ1) is 12.1. The van der Waals surface area contributed by atoms with Crippen LogP contribution in [0.25, 0.3) is 6.08 Å². The Labute approximate surface area is 155 Å². The van der Waals surface area contributed by atoms with Gasteiger partial charge in [-0.15, -0.1) is 6.42 Å². The van der Waals surface area contributed by atoms with Gasteiger partial charge < -0.3 is 19.1 Å². The van der Waals surface area contributed by atoms with E-state index in [4.69, 9.17) is 20.6 Å². The Balaban J connectivity index is 2.32. The van der Waals surface area contributed by atoms with Crippen molar-refractivity contribution in [1.82, 2.24) is 4.90 Å². The van der Waals surface area contributed by atoms with Crippen LogP contribution in [-0.4, -0.2) is 50.8 Å². The van der Waals surface area contributed by atoms with E-state index < -0.39 is 0 Å². The van der Waals surface area contributed by atoms with Gasteiger partial charge in [0.25, 0.3) is 5.91 Å². The van der Waals surface area contributed by atoms with Crippen LogP contribution in [0.15, 0.2) is 22.2 Å². The van der Waals surface area contributed by atoms with E-state index in [0.717, 1.165) is 0 Å². The van der Waals surface area contributed by atoms with Crippen molar-refractivity contribution in [3.05, 3.63) is 27.7 Å². The smallest absolute Gasteiger partial charge is 0.264 e. The van der Waals surface area contributed by atoms with Gasteiger partial charge in [-0.25, -0.2) is 0 Å². The second-order valence-corrected chi connectivity index (χ2v) is 5.95. The van der Waals surface area contributed by atoms with Gasteiger partial charge >= 0.3 is 0 Å². The Morgan fingerprint density at radius 2 is 2.16 bits per heavy atom. The summed E-state index contributed by atoms with van der Waals surface area (Å²) < 4.78 is 16.6. The van der Waals surface area contributed by atoms with E-state index in [-0.39, 0.29) is 18.1 Å². The van der Waals surface area contributed by atoms with Gasteiger partial charge in [0.05, 0.1) is 20.3 Å². The van der Waals surface area contributed by atoms with E-state index in [1.165, 1.54) is 13.2 Å². The Morgan fingerprint density at radius 1 is 1.44 bits per heavy atom. The number of carbonyl (C=O) groups excluding carboxylic acids is 1. The summed E-state index contributed by atoms with van der Waals surface area (Å²) in [7, 11) is 1.50. The van der Waals surface area contributed by atoms with Crippen molar-refractivity contribution in [2.45, 2.75) is 0 Å². The number of benzene rings is 1. The minimum Gasteiger partial charge on any atom is -0.493 e. The maximum Gasteiger partial charge on any atom is 0.264 e. The van der Waals surface area contributed by atoms with Gasteiger partial charge in [0.2, 0.25) is 0 Å². The third kappa shape index (κ3) is 4.76. The number of halogens is 1. The molecule has 0 unspecified atom stereocenters. The summed E-state index contributed by atoms with van der Waals surface area (Å²) in [5.74, 6) is 3.00. The SMILES string of the molecule is C#CCOc1cc(Br)c(/C=C(/C#N)C(=O)N2CCOCC2)cc1OC. The molecule has 1 amide bonds. The Kier molecular flexibility index (Phi) is 6.88. The number of carbonyl (C=O) groups is 1. The number of hydrogen-bond acceptors (Lipinski definition) is 5. The lowest BCUT2D eigenvalue weighted by Gasteiger charge is -2.26. The summed E-state index contributed by atoms with van der Waals surface area (Å²) in [6, 6.07) is 5.34. The van der Waals surface area contributed by atoms with E-state index in [1.54, 1.807) is 17.0 Å². The molecular weight excluding hydrogens is 388 g/mol. The first-order valence-corrected chi connectivity index (χ1v) is 8.32. The summed E-state index contributed by atoms with van der Waals surface area (Å²) in [6.07, 6.45) is 6.72. The van der Waals surface area contributed by atoms with Gasteiger partial charge in [-0.05, 0) is 23.8 Å². The fraction of sp³-hybridized carbons (Fsp3) is 0.333. The standard InChI is InChI=1S/C18H17BrN2O4/c1-3-6-25-17-11-15(19)13(10-16(17)23-2)9-14(12-20)18(22)21-4-7-24-8-5-21/h1,9-11H,4-8H2,2H3/b14-9-. The highest BCUT2D eigenvalue weighted by Gasteiger charge is 2.21. The summed E-state index contributed by atoms with van der Waals surface area (Å²) in [6.45, 7) is 2.01. The first-order valence-electron chi connectivity index (χ1n) is 7.53. The molecule has 0 radical (unpaired) electrons. The molecule has 0 saturated carbocycles. The zero-order valence-electron chi connectivity index (χ0n) is 13.8. The Hall–Kier alpha value is -2.48. The number of nitriles is 1. The largest absolute Gasteiger partial charge is 0.493 e. The molecule has 0 N–H and O–H groups in total. The van der Waals surface area contributed by atoms with Crippen molar-refractivity contribution in [3.8, 4) is 29.9 Å². The Bertz CT molecular complexity index is 756. The van der Waals surface area contributed by atoms with Crippen LogP contribution in [0.5, 0.6) is 11.5 Å². The van der Waals surface area contributed by atoms with E-state index in [1.807, 2.05) is 6.07 Å². The van der Waals surface area contributed by atoms with Gasteiger partial charge in [-0.1, -0.05) is 21.9 Å². The highest BCUT2D eigenvalue weighted by atomic mass is 79.9. The maximum atomic E-state index is 12.5. The molecule has 0 aliphatic carbocycles. The number of ether oxygens (including phenoxy) is 3. The fourth-order valence-corrected chi connectivity index (χ4v) is 2.72. The number of hydrogen-bond donors (Lipinski definition) is 0. The molecule has 1 fully saturated rings. The van der Waals surface area contributed by atoms with Gasteiger partial charge in [-0.2, -0.15) is 5.26 Å². The fourth-order valence-electron chi connectivity index (χ4n) is 2.29. The zero-order valence-corrected chi connectivity index (χ0v) is 15.3. The van der Waals surface area contributed by atoms with Crippen molar-refractivity contribution in [3.63, 3.8) is 0 Å². The molecule has 130 valence electrons. The number of morpholine rings is 1. The second kappa shape index (κ2) is 9.12. The lowest BCUT2D eigenvalue weighted by Crippen LogP contribution is -2.41. The molecule has 0 bridgehead atoms. The maximum absolute atomic E-state index is 12.5. The van der Waals surface area contributed by atoms with Crippen LogP contribution < -0.4 is 9.47 Å². The molecule has 1 saturated heterocycles. The molecule has 1 aromatic rings. The number of rotatable bonds is 5.